The van der Waals surface area contributed by atoms with E-state index in [1.54, 1.807) is 6.20 Å². The lowest BCUT2D eigenvalue weighted by Gasteiger charge is -1.99. The predicted molar refractivity (Wildman–Crippen MR) is 67.6 cm³/mol. The summed E-state index contributed by atoms with van der Waals surface area (Å²) < 4.78 is 0. The molecule has 0 radical (unpaired) electrons. The summed E-state index contributed by atoms with van der Waals surface area (Å²) in [5, 5.41) is 3.34. The second-order valence-corrected chi connectivity index (χ2v) is 4.07. The number of aromatic nitrogens is 3. The fourth-order valence-corrected chi connectivity index (χ4v) is 1.68. The Kier molecular flexibility index (Phi) is 4.27. The van der Waals surface area contributed by atoms with Crippen LogP contribution < -0.4 is 5.32 Å². The first-order valence-electron chi connectivity index (χ1n) is 6.01. The van der Waals surface area contributed by atoms with Gasteiger partial charge in [-0.15, -0.1) is 0 Å². The monoisotopic (exact) mass is 230 g/mol. The number of nitrogens with one attached hydrogen (secondary N) is 2. The maximum atomic E-state index is 4.37. The largest absolute Gasteiger partial charge is 0.345 e. The number of hydrogen-bond donors (Lipinski definition) is 2. The van der Waals surface area contributed by atoms with Crippen molar-refractivity contribution in [3.8, 4) is 0 Å². The molecule has 0 aliphatic carbocycles. The second-order valence-electron chi connectivity index (χ2n) is 4.07. The van der Waals surface area contributed by atoms with Gasteiger partial charge in [-0.05, 0) is 24.6 Å². The van der Waals surface area contributed by atoms with Crippen LogP contribution in [-0.2, 0) is 13.0 Å². The Morgan fingerprint density at radius 1 is 1.35 bits per heavy atom. The molecule has 0 aliphatic rings. The maximum absolute atomic E-state index is 4.37. The lowest BCUT2D eigenvalue weighted by molar-refractivity contribution is 0.665. The van der Waals surface area contributed by atoms with Crippen molar-refractivity contribution in [2.75, 3.05) is 6.54 Å². The van der Waals surface area contributed by atoms with Gasteiger partial charge in [0.25, 0.3) is 0 Å². The zero-order valence-corrected chi connectivity index (χ0v) is 10.1. The summed E-state index contributed by atoms with van der Waals surface area (Å²) in [5.74, 6) is 0.992. The van der Waals surface area contributed by atoms with E-state index in [-0.39, 0.29) is 0 Å². The first-order chi connectivity index (χ1) is 8.38. The van der Waals surface area contributed by atoms with E-state index < -0.39 is 0 Å². The van der Waals surface area contributed by atoms with Gasteiger partial charge in [0.1, 0.15) is 5.82 Å². The van der Waals surface area contributed by atoms with Crippen LogP contribution >= 0.6 is 0 Å². The maximum Gasteiger partial charge on any atom is 0.110 e. The molecule has 0 saturated carbocycles. The average molecular weight is 230 g/mol. The summed E-state index contributed by atoms with van der Waals surface area (Å²) in [6.07, 6.45) is 7.51. The van der Waals surface area contributed by atoms with E-state index in [1.165, 1.54) is 5.56 Å². The molecule has 2 aromatic heterocycles. The Morgan fingerprint density at radius 3 is 3.06 bits per heavy atom. The van der Waals surface area contributed by atoms with E-state index >= 15 is 0 Å². The standard InChI is InChI=1S/C13H18N4/c1-2-5-14-9-12-10-16-13(17-12)7-11-4-3-6-15-8-11/h3-4,6,8,10,14H,2,5,7,9H2,1H3,(H,16,17). The molecule has 0 fully saturated rings. The minimum absolute atomic E-state index is 0.807. The Morgan fingerprint density at radius 2 is 2.29 bits per heavy atom. The summed E-state index contributed by atoms with van der Waals surface area (Å²) in [6, 6.07) is 4.01. The Labute approximate surface area is 102 Å². The Hall–Kier alpha value is -1.68. The molecule has 17 heavy (non-hydrogen) atoms. The van der Waals surface area contributed by atoms with Gasteiger partial charge in [0.05, 0.1) is 0 Å². The first-order valence-corrected chi connectivity index (χ1v) is 6.01. The van der Waals surface area contributed by atoms with Crippen molar-refractivity contribution in [3.05, 3.63) is 47.8 Å². The summed E-state index contributed by atoms with van der Waals surface area (Å²) >= 11 is 0. The van der Waals surface area contributed by atoms with E-state index in [2.05, 4.69) is 33.3 Å². The van der Waals surface area contributed by atoms with Crippen LogP contribution in [0.25, 0.3) is 0 Å². The van der Waals surface area contributed by atoms with Crippen molar-refractivity contribution in [2.24, 2.45) is 0 Å². The van der Waals surface area contributed by atoms with Crippen LogP contribution in [-0.4, -0.2) is 21.5 Å². The molecule has 4 heteroatoms. The number of rotatable bonds is 6. The highest BCUT2D eigenvalue weighted by Gasteiger charge is 2.01. The van der Waals surface area contributed by atoms with Crippen LogP contribution in [0.15, 0.2) is 30.7 Å². The number of pyridine rings is 1. The molecule has 0 aliphatic heterocycles. The van der Waals surface area contributed by atoms with Crippen molar-refractivity contribution in [3.63, 3.8) is 0 Å². The molecule has 0 aromatic carbocycles. The molecule has 2 N–H and O–H groups in total. The van der Waals surface area contributed by atoms with Gasteiger partial charge in [-0.25, -0.2) is 4.98 Å². The van der Waals surface area contributed by atoms with E-state index in [0.717, 1.165) is 37.4 Å². The summed E-state index contributed by atoms with van der Waals surface area (Å²) in [6.45, 7) is 4.05. The van der Waals surface area contributed by atoms with Crippen molar-refractivity contribution >= 4 is 0 Å². The number of H-pyrrole nitrogens is 1. The van der Waals surface area contributed by atoms with E-state index in [1.807, 2.05) is 18.5 Å². The van der Waals surface area contributed by atoms with Gasteiger partial charge >= 0.3 is 0 Å². The molecule has 0 saturated heterocycles. The third-order valence-corrected chi connectivity index (χ3v) is 2.52. The summed E-state index contributed by atoms with van der Waals surface area (Å²) in [4.78, 5) is 11.8. The number of nitrogens with zero attached hydrogens (tertiary/aromatic N) is 2. The lowest BCUT2D eigenvalue weighted by atomic mass is 10.2. The molecule has 0 unspecified atom stereocenters. The van der Waals surface area contributed by atoms with Gasteiger partial charge in [0.2, 0.25) is 0 Å². The van der Waals surface area contributed by atoms with Crippen LogP contribution in [0.4, 0.5) is 0 Å². The smallest absolute Gasteiger partial charge is 0.110 e. The van der Waals surface area contributed by atoms with Crippen LogP contribution in [0, 0.1) is 0 Å². The van der Waals surface area contributed by atoms with Crippen molar-refractivity contribution < 1.29 is 0 Å². The third-order valence-electron chi connectivity index (χ3n) is 2.52. The highest BCUT2D eigenvalue weighted by Crippen LogP contribution is 2.05. The third kappa shape index (κ3) is 3.67. The molecule has 0 spiro atoms. The van der Waals surface area contributed by atoms with Gasteiger partial charge in [-0.1, -0.05) is 13.0 Å². The normalized spacial score (nSPS) is 10.6. The minimum atomic E-state index is 0.807. The van der Waals surface area contributed by atoms with Crippen molar-refractivity contribution in [2.45, 2.75) is 26.3 Å². The fourth-order valence-electron chi connectivity index (χ4n) is 1.68. The van der Waals surface area contributed by atoms with Crippen LogP contribution in [0.2, 0.25) is 0 Å². The van der Waals surface area contributed by atoms with E-state index in [0.29, 0.717) is 0 Å². The molecule has 0 atom stereocenters. The van der Waals surface area contributed by atoms with Crippen LogP contribution in [0.3, 0.4) is 0 Å². The lowest BCUT2D eigenvalue weighted by Crippen LogP contribution is -2.13. The number of imidazole rings is 1. The zero-order chi connectivity index (χ0) is 11.9. The minimum Gasteiger partial charge on any atom is -0.345 e. The molecule has 90 valence electrons. The Bertz CT molecular complexity index is 436. The molecule has 2 rings (SSSR count). The first kappa shape index (κ1) is 11.8. The van der Waals surface area contributed by atoms with Crippen molar-refractivity contribution in [1.29, 1.82) is 0 Å². The molecule has 0 amide bonds. The van der Waals surface area contributed by atoms with Gasteiger partial charge < -0.3 is 10.3 Å². The van der Waals surface area contributed by atoms with Crippen molar-refractivity contribution in [1.82, 2.24) is 20.3 Å². The highest BCUT2D eigenvalue weighted by atomic mass is 15.0. The molecular weight excluding hydrogens is 212 g/mol. The number of hydrogen-bond acceptors (Lipinski definition) is 3. The van der Waals surface area contributed by atoms with E-state index in [4.69, 9.17) is 0 Å². The quantitative estimate of drug-likeness (QED) is 0.745. The zero-order valence-electron chi connectivity index (χ0n) is 10.1. The van der Waals surface area contributed by atoms with Gasteiger partial charge in [-0.2, -0.15) is 0 Å². The van der Waals surface area contributed by atoms with Crippen LogP contribution in [0.1, 0.15) is 30.4 Å². The van der Waals surface area contributed by atoms with E-state index in [9.17, 15) is 0 Å². The number of aromatic amines is 1. The fraction of sp³-hybridized carbons (Fsp3) is 0.385. The highest BCUT2D eigenvalue weighted by molar-refractivity contribution is 5.15. The predicted octanol–water partition coefficient (Wildman–Crippen LogP) is 1.90. The molecule has 2 heterocycles. The topological polar surface area (TPSA) is 53.6 Å². The van der Waals surface area contributed by atoms with Gasteiger partial charge in [-0.3, -0.25) is 4.98 Å². The second kappa shape index (κ2) is 6.15. The molecule has 2 aromatic rings. The molecule has 4 nitrogen and oxygen atoms in total. The summed E-state index contributed by atoms with van der Waals surface area (Å²) in [5.41, 5.74) is 2.31. The van der Waals surface area contributed by atoms with Gasteiger partial charge in [0.15, 0.2) is 0 Å². The molecule has 0 bridgehead atoms. The average Bonchev–Trinajstić information content (AvgIpc) is 2.79. The van der Waals surface area contributed by atoms with Gasteiger partial charge in [0, 0.05) is 37.3 Å². The Balaban J connectivity index is 1.90. The van der Waals surface area contributed by atoms with Crippen LogP contribution in [0.5, 0.6) is 0 Å². The molecular formula is C13H18N4. The SMILES string of the molecule is CCCNCc1cnc(Cc2cccnc2)[nH]1. The summed E-state index contributed by atoms with van der Waals surface area (Å²) in [7, 11) is 0.